The minimum atomic E-state index is -2.93. The highest BCUT2D eigenvalue weighted by atomic mass is 32.2. The first kappa shape index (κ1) is 17.9. The average molecular weight is 305 g/mol. The van der Waals surface area contributed by atoms with Gasteiger partial charge in [0.05, 0.1) is 11.0 Å². The normalized spacial score (nSPS) is 28.2. The molecular formula is C15H32N2O2S. The number of nitrogens with zero attached hydrogens (tertiary/aromatic N) is 1. The van der Waals surface area contributed by atoms with Gasteiger partial charge < -0.3 is 10.2 Å². The second-order valence-electron chi connectivity index (χ2n) is 6.91. The lowest BCUT2D eigenvalue weighted by atomic mass is 9.75. The van der Waals surface area contributed by atoms with Crippen LogP contribution in [0.4, 0.5) is 0 Å². The number of likely N-dealkylation sites (N-methyl/N-ethyl adjacent to an activating group) is 1. The predicted molar refractivity (Wildman–Crippen MR) is 85.8 cm³/mol. The summed E-state index contributed by atoms with van der Waals surface area (Å²) >= 11 is 0. The molecule has 1 N–H and O–H groups in total. The van der Waals surface area contributed by atoms with Gasteiger partial charge in [-0.15, -0.1) is 0 Å². The zero-order valence-corrected chi connectivity index (χ0v) is 14.6. The van der Waals surface area contributed by atoms with E-state index in [4.69, 9.17) is 0 Å². The lowest BCUT2D eigenvalue weighted by Gasteiger charge is -2.45. The molecule has 0 heterocycles. The van der Waals surface area contributed by atoms with Gasteiger partial charge in [0.1, 0.15) is 0 Å². The van der Waals surface area contributed by atoms with E-state index in [0.29, 0.717) is 6.54 Å². The fourth-order valence-corrected chi connectivity index (χ4v) is 4.03. The number of sulfone groups is 1. The number of hydrogen-bond acceptors (Lipinski definition) is 4. The van der Waals surface area contributed by atoms with Crippen LogP contribution in [0, 0.1) is 5.92 Å². The van der Waals surface area contributed by atoms with E-state index >= 15 is 0 Å². The SMILES string of the molecule is CC1CCCC(CNCCS(=O)(=O)C(C)C)(N(C)C)C1. The van der Waals surface area contributed by atoms with Crippen molar-refractivity contribution in [1.29, 1.82) is 0 Å². The second-order valence-corrected chi connectivity index (χ2v) is 9.59. The van der Waals surface area contributed by atoms with Gasteiger partial charge in [0.25, 0.3) is 0 Å². The second kappa shape index (κ2) is 7.23. The minimum absolute atomic E-state index is 0.194. The molecule has 0 radical (unpaired) electrons. The highest BCUT2D eigenvalue weighted by Crippen LogP contribution is 2.35. The Bertz CT molecular complexity index is 393. The molecule has 1 aliphatic rings. The zero-order chi connectivity index (χ0) is 15.4. The molecule has 120 valence electrons. The van der Waals surface area contributed by atoms with Gasteiger partial charge in [0.2, 0.25) is 0 Å². The van der Waals surface area contributed by atoms with Crippen molar-refractivity contribution in [1.82, 2.24) is 10.2 Å². The standard InChI is InChI=1S/C15H32N2O2S/c1-13(2)20(18,19)10-9-16-12-15(17(4)5)8-6-7-14(3)11-15/h13-14,16H,6-12H2,1-5H3. The van der Waals surface area contributed by atoms with Crippen molar-refractivity contribution in [3.63, 3.8) is 0 Å². The van der Waals surface area contributed by atoms with Crippen molar-refractivity contribution in [2.24, 2.45) is 5.92 Å². The summed E-state index contributed by atoms with van der Waals surface area (Å²) in [6, 6.07) is 0. The fraction of sp³-hybridized carbons (Fsp3) is 1.00. The molecule has 4 nitrogen and oxygen atoms in total. The van der Waals surface area contributed by atoms with Crippen LogP contribution in [0.25, 0.3) is 0 Å². The summed E-state index contributed by atoms with van der Waals surface area (Å²) in [5, 5.41) is 3.11. The molecule has 1 saturated carbocycles. The van der Waals surface area contributed by atoms with Crippen molar-refractivity contribution >= 4 is 9.84 Å². The largest absolute Gasteiger partial charge is 0.314 e. The molecule has 0 aromatic rings. The van der Waals surface area contributed by atoms with E-state index in [2.05, 4.69) is 31.2 Å². The lowest BCUT2D eigenvalue weighted by Crippen LogP contribution is -2.54. The molecule has 0 amide bonds. The summed E-state index contributed by atoms with van der Waals surface area (Å²) in [6.07, 6.45) is 4.99. The van der Waals surface area contributed by atoms with Gasteiger partial charge in [-0.25, -0.2) is 8.42 Å². The molecule has 0 bridgehead atoms. The Labute approximate surface area is 125 Å². The van der Waals surface area contributed by atoms with Crippen LogP contribution >= 0.6 is 0 Å². The van der Waals surface area contributed by atoms with Gasteiger partial charge in [-0.05, 0) is 46.7 Å². The predicted octanol–water partition coefficient (Wildman–Crippen LogP) is 1.91. The monoisotopic (exact) mass is 304 g/mol. The summed E-state index contributed by atoms with van der Waals surface area (Å²) in [6.45, 7) is 7.27. The van der Waals surface area contributed by atoms with E-state index in [1.807, 2.05) is 0 Å². The van der Waals surface area contributed by atoms with Crippen molar-refractivity contribution in [2.75, 3.05) is 32.9 Å². The van der Waals surface area contributed by atoms with Crippen molar-refractivity contribution in [2.45, 2.75) is 57.2 Å². The van der Waals surface area contributed by atoms with Gasteiger partial charge in [-0.3, -0.25) is 0 Å². The molecule has 5 heteroatoms. The average Bonchev–Trinajstić information content (AvgIpc) is 2.34. The minimum Gasteiger partial charge on any atom is -0.314 e. The fourth-order valence-electron chi connectivity index (χ4n) is 3.13. The van der Waals surface area contributed by atoms with E-state index in [-0.39, 0.29) is 16.5 Å². The smallest absolute Gasteiger partial charge is 0.153 e. The highest BCUT2D eigenvalue weighted by Gasteiger charge is 2.36. The topological polar surface area (TPSA) is 49.4 Å². The molecule has 0 spiro atoms. The summed E-state index contributed by atoms with van der Waals surface area (Å²) in [5.74, 6) is 0.997. The highest BCUT2D eigenvalue weighted by molar-refractivity contribution is 7.92. The molecular weight excluding hydrogens is 272 g/mol. The molecule has 0 aromatic heterocycles. The van der Waals surface area contributed by atoms with Crippen LogP contribution in [-0.2, 0) is 9.84 Å². The van der Waals surface area contributed by atoms with Crippen LogP contribution in [0.2, 0.25) is 0 Å². The molecule has 0 aromatic carbocycles. The number of hydrogen-bond donors (Lipinski definition) is 1. The Morgan fingerprint density at radius 1 is 1.35 bits per heavy atom. The van der Waals surface area contributed by atoms with Gasteiger partial charge in [0.15, 0.2) is 9.84 Å². The Morgan fingerprint density at radius 2 is 2.00 bits per heavy atom. The molecule has 2 atom stereocenters. The van der Waals surface area contributed by atoms with Gasteiger partial charge in [-0.2, -0.15) is 0 Å². The summed E-state index contributed by atoms with van der Waals surface area (Å²) in [7, 11) is 1.36. The zero-order valence-electron chi connectivity index (χ0n) is 13.8. The van der Waals surface area contributed by atoms with E-state index in [1.165, 1.54) is 25.7 Å². The molecule has 20 heavy (non-hydrogen) atoms. The van der Waals surface area contributed by atoms with Crippen LogP contribution < -0.4 is 5.32 Å². The van der Waals surface area contributed by atoms with E-state index in [9.17, 15) is 8.42 Å². The van der Waals surface area contributed by atoms with Gasteiger partial charge >= 0.3 is 0 Å². The summed E-state index contributed by atoms with van der Waals surface area (Å²) in [4.78, 5) is 2.33. The summed E-state index contributed by atoms with van der Waals surface area (Å²) < 4.78 is 23.6. The van der Waals surface area contributed by atoms with Gasteiger partial charge in [-0.1, -0.05) is 19.8 Å². The Hall–Kier alpha value is -0.130. The van der Waals surface area contributed by atoms with Crippen molar-refractivity contribution in [3.05, 3.63) is 0 Å². The van der Waals surface area contributed by atoms with Crippen LogP contribution in [0.15, 0.2) is 0 Å². The Kier molecular flexibility index (Phi) is 6.48. The maximum Gasteiger partial charge on any atom is 0.153 e. The Balaban J connectivity index is 2.49. The van der Waals surface area contributed by atoms with Crippen molar-refractivity contribution < 1.29 is 8.42 Å². The van der Waals surface area contributed by atoms with E-state index < -0.39 is 9.84 Å². The molecule has 0 saturated heterocycles. The molecule has 0 aliphatic heterocycles. The first-order chi connectivity index (χ1) is 9.19. The first-order valence-electron chi connectivity index (χ1n) is 7.79. The van der Waals surface area contributed by atoms with Gasteiger partial charge in [0, 0.05) is 18.6 Å². The molecule has 2 unspecified atom stereocenters. The van der Waals surface area contributed by atoms with Crippen molar-refractivity contribution in [3.8, 4) is 0 Å². The third-order valence-corrected chi connectivity index (χ3v) is 6.96. The summed E-state index contributed by atoms with van der Waals surface area (Å²) in [5.41, 5.74) is 0.194. The van der Waals surface area contributed by atoms with E-state index in [1.54, 1.807) is 13.8 Å². The van der Waals surface area contributed by atoms with Crippen LogP contribution in [0.1, 0.15) is 46.5 Å². The molecule has 1 rings (SSSR count). The third kappa shape index (κ3) is 4.71. The third-order valence-electron chi connectivity index (χ3n) is 4.75. The maximum atomic E-state index is 11.8. The molecule has 1 fully saturated rings. The molecule has 1 aliphatic carbocycles. The lowest BCUT2D eigenvalue weighted by molar-refractivity contribution is 0.0759. The quantitative estimate of drug-likeness (QED) is 0.730. The number of rotatable bonds is 7. The maximum absolute atomic E-state index is 11.8. The van der Waals surface area contributed by atoms with Crippen LogP contribution in [0.5, 0.6) is 0 Å². The number of nitrogens with one attached hydrogen (secondary N) is 1. The Morgan fingerprint density at radius 3 is 2.50 bits per heavy atom. The van der Waals surface area contributed by atoms with Crippen LogP contribution in [0.3, 0.4) is 0 Å². The first-order valence-corrected chi connectivity index (χ1v) is 9.51. The van der Waals surface area contributed by atoms with E-state index in [0.717, 1.165) is 12.5 Å². The van der Waals surface area contributed by atoms with Crippen LogP contribution in [-0.4, -0.2) is 57.0 Å².